The quantitative estimate of drug-likeness (QED) is 0.831. The molecule has 3 N–H and O–H groups in total. The van der Waals surface area contributed by atoms with Crippen LogP contribution in [0.4, 0.5) is 10.2 Å². The van der Waals surface area contributed by atoms with Gasteiger partial charge in [0.25, 0.3) is 0 Å². The van der Waals surface area contributed by atoms with Crippen molar-refractivity contribution in [2.75, 3.05) is 11.9 Å². The molecule has 0 saturated heterocycles. The van der Waals surface area contributed by atoms with Gasteiger partial charge in [0.2, 0.25) is 0 Å². The zero-order valence-corrected chi connectivity index (χ0v) is 8.97. The van der Waals surface area contributed by atoms with E-state index < -0.39 is 5.82 Å². The average molecular weight is 230 g/mol. The minimum atomic E-state index is -0.429. The number of halogens is 2. The second-order valence-electron chi connectivity index (χ2n) is 3.81. The molecule has 1 heterocycles. The number of hydrogen-bond acceptors (Lipinski definition) is 3. The second kappa shape index (κ2) is 4.33. The third kappa shape index (κ3) is 2.58. The van der Waals surface area contributed by atoms with E-state index >= 15 is 0 Å². The molecule has 2 rings (SSSR count). The third-order valence-corrected chi connectivity index (χ3v) is 2.78. The van der Waals surface area contributed by atoms with Gasteiger partial charge in [0.1, 0.15) is 0 Å². The molecule has 1 aromatic rings. The monoisotopic (exact) mass is 229 g/mol. The number of pyridine rings is 1. The normalized spacial score (nSPS) is 17.5. The molecule has 82 valence electrons. The maximum absolute atomic E-state index is 13.4. The van der Waals surface area contributed by atoms with Crippen LogP contribution in [0.3, 0.4) is 0 Å². The Bertz CT molecular complexity index is 355. The smallest absolute Gasteiger partial charge is 0.166 e. The highest BCUT2D eigenvalue weighted by atomic mass is 35.5. The maximum Gasteiger partial charge on any atom is 0.166 e. The Hall–Kier alpha value is -0.870. The highest BCUT2D eigenvalue weighted by molar-refractivity contribution is 6.30. The number of nitrogens with one attached hydrogen (secondary N) is 1. The molecule has 0 aromatic carbocycles. The van der Waals surface area contributed by atoms with E-state index in [0.717, 1.165) is 12.8 Å². The van der Waals surface area contributed by atoms with Crippen molar-refractivity contribution in [2.45, 2.75) is 18.9 Å². The number of nitrogens with zero attached hydrogens (tertiary/aromatic N) is 1. The SMILES string of the molecule is NCC(Nc1ncc(Cl)cc1F)C1CC1. The van der Waals surface area contributed by atoms with Gasteiger partial charge < -0.3 is 11.1 Å². The van der Waals surface area contributed by atoms with Crippen LogP contribution in [-0.2, 0) is 0 Å². The first-order chi connectivity index (χ1) is 7.20. The molecular formula is C10H13ClFN3. The van der Waals surface area contributed by atoms with Gasteiger partial charge in [0.05, 0.1) is 5.02 Å². The highest BCUT2D eigenvalue weighted by Crippen LogP contribution is 2.33. The predicted molar refractivity (Wildman–Crippen MR) is 58.4 cm³/mol. The van der Waals surface area contributed by atoms with Crippen molar-refractivity contribution in [3.63, 3.8) is 0 Å². The van der Waals surface area contributed by atoms with Crippen molar-refractivity contribution < 1.29 is 4.39 Å². The molecule has 0 bridgehead atoms. The Morgan fingerprint density at radius 2 is 2.40 bits per heavy atom. The van der Waals surface area contributed by atoms with Crippen LogP contribution in [0, 0.1) is 11.7 Å². The van der Waals surface area contributed by atoms with Crippen LogP contribution in [0.25, 0.3) is 0 Å². The van der Waals surface area contributed by atoms with Gasteiger partial charge >= 0.3 is 0 Å². The fourth-order valence-electron chi connectivity index (χ4n) is 1.56. The van der Waals surface area contributed by atoms with E-state index in [9.17, 15) is 4.39 Å². The Morgan fingerprint density at radius 3 is 2.93 bits per heavy atom. The Morgan fingerprint density at radius 1 is 1.67 bits per heavy atom. The van der Waals surface area contributed by atoms with Gasteiger partial charge in [-0.05, 0) is 24.8 Å². The summed E-state index contributed by atoms with van der Waals surface area (Å²) in [7, 11) is 0. The van der Waals surface area contributed by atoms with Gasteiger partial charge in [-0.1, -0.05) is 11.6 Å². The maximum atomic E-state index is 13.4. The number of aromatic nitrogens is 1. The summed E-state index contributed by atoms with van der Waals surface area (Å²) >= 11 is 5.61. The van der Waals surface area contributed by atoms with Crippen molar-refractivity contribution in [3.8, 4) is 0 Å². The third-order valence-electron chi connectivity index (χ3n) is 2.57. The van der Waals surface area contributed by atoms with Crippen molar-refractivity contribution in [2.24, 2.45) is 11.7 Å². The van der Waals surface area contributed by atoms with Crippen LogP contribution < -0.4 is 11.1 Å². The number of hydrogen-bond donors (Lipinski definition) is 2. The molecule has 0 spiro atoms. The van der Waals surface area contributed by atoms with Crippen molar-refractivity contribution in [3.05, 3.63) is 23.1 Å². The van der Waals surface area contributed by atoms with Gasteiger partial charge in [0.15, 0.2) is 11.6 Å². The lowest BCUT2D eigenvalue weighted by Gasteiger charge is -2.16. The zero-order chi connectivity index (χ0) is 10.8. The van der Waals surface area contributed by atoms with Crippen LogP contribution >= 0.6 is 11.6 Å². The summed E-state index contributed by atoms with van der Waals surface area (Å²) in [5, 5.41) is 3.32. The number of anilines is 1. The summed E-state index contributed by atoms with van der Waals surface area (Å²) in [6.07, 6.45) is 3.74. The molecule has 1 aliphatic rings. The lowest BCUT2D eigenvalue weighted by atomic mass is 10.2. The summed E-state index contributed by atoms with van der Waals surface area (Å²) in [5.74, 6) is 0.371. The molecule has 0 amide bonds. The first-order valence-corrected chi connectivity index (χ1v) is 5.36. The van der Waals surface area contributed by atoms with Gasteiger partial charge in [-0.2, -0.15) is 0 Å². The minimum absolute atomic E-state index is 0.119. The van der Waals surface area contributed by atoms with Crippen LogP contribution in [0.5, 0.6) is 0 Å². The van der Waals surface area contributed by atoms with Crippen LogP contribution in [0.1, 0.15) is 12.8 Å². The zero-order valence-electron chi connectivity index (χ0n) is 8.21. The molecule has 5 heteroatoms. The first kappa shape index (κ1) is 10.6. The van der Waals surface area contributed by atoms with Crippen LogP contribution in [0.15, 0.2) is 12.3 Å². The molecular weight excluding hydrogens is 217 g/mol. The summed E-state index contributed by atoms with van der Waals surface area (Å²) < 4.78 is 13.4. The van der Waals surface area contributed by atoms with Crippen LogP contribution in [-0.4, -0.2) is 17.6 Å². The summed E-state index contributed by atoms with van der Waals surface area (Å²) in [4.78, 5) is 3.90. The standard InChI is InChI=1S/C10H13ClFN3/c11-7-3-8(12)10(14-5-7)15-9(4-13)6-1-2-6/h3,5-6,9H,1-2,4,13H2,(H,14,15). The molecule has 15 heavy (non-hydrogen) atoms. The molecule has 1 aliphatic carbocycles. The van der Waals surface area contributed by atoms with E-state index in [1.165, 1.54) is 12.3 Å². The van der Waals surface area contributed by atoms with E-state index in [-0.39, 0.29) is 11.9 Å². The van der Waals surface area contributed by atoms with E-state index in [1.54, 1.807) is 0 Å². The molecule has 0 aliphatic heterocycles. The largest absolute Gasteiger partial charge is 0.363 e. The van der Waals surface area contributed by atoms with Gasteiger partial charge in [-0.3, -0.25) is 0 Å². The summed E-state index contributed by atoms with van der Waals surface area (Å²) in [5.41, 5.74) is 5.60. The number of nitrogens with two attached hydrogens (primary N) is 1. The Balaban J connectivity index is 2.08. The van der Waals surface area contributed by atoms with E-state index in [4.69, 9.17) is 17.3 Å². The van der Waals surface area contributed by atoms with Gasteiger partial charge in [-0.15, -0.1) is 0 Å². The molecule has 1 fully saturated rings. The molecule has 1 aromatic heterocycles. The Labute approximate surface area is 92.8 Å². The molecule has 1 atom stereocenters. The summed E-state index contributed by atoms with van der Waals surface area (Å²) in [6.45, 7) is 0.494. The van der Waals surface area contributed by atoms with Crippen molar-refractivity contribution in [1.82, 2.24) is 4.98 Å². The molecule has 1 saturated carbocycles. The Kier molecular flexibility index (Phi) is 3.07. The second-order valence-corrected chi connectivity index (χ2v) is 4.24. The van der Waals surface area contributed by atoms with E-state index in [0.29, 0.717) is 17.5 Å². The van der Waals surface area contributed by atoms with Crippen molar-refractivity contribution >= 4 is 17.4 Å². The molecule has 3 nitrogen and oxygen atoms in total. The summed E-state index contributed by atoms with van der Waals surface area (Å²) in [6, 6.07) is 1.37. The first-order valence-electron chi connectivity index (χ1n) is 4.98. The lowest BCUT2D eigenvalue weighted by molar-refractivity contribution is 0.601. The highest BCUT2D eigenvalue weighted by Gasteiger charge is 2.30. The lowest BCUT2D eigenvalue weighted by Crippen LogP contribution is -2.31. The van der Waals surface area contributed by atoms with Crippen molar-refractivity contribution in [1.29, 1.82) is 0 Å². The topological polar surface area (TPSA) is 50.9 Å². The average Bonchev–Trinajstić information content (AvgIpc) is 3.00. The fourth-order valence-corrected chi connectivity index (χ4v) is 1.71. The van der Waals surface area contributed by atoms with Gasteiger partial charge in [0, 0.05) is 18.8 Å². The minimum Gasteiger partial charge on any atom is -0.363 e. The number of rotatable bonds is 4. The van der Waals surface area contributed by atoms with Crippen LogP contribution in [0.2, 0.25) is 5.02 Å². The molecule has 0 radical (unpaired) electrons. The fraction of sp³-hybridized carbons (Fsp3) is 0.500. The van der Waals surface area contributed by atoms with E-state index in [1.807, 2.05) is 0 Å². The predicted octanol–water partition coefficient (Wildman–Crippen LogP) is 2.02. The molecule has 1 unspecified atom stereocenters. The van der Waals surface area contributed by atoms with E-state index in [2.05, 4.69) is 10.3 Å². The van der Waals surface area contributed by atoms with Gasteiger partial charge in [-0.25, -0.2) is 9.37 Å².